The highest BCUT2D eigenvalue weighted by atomic mass is 16.6. The van der Waals surface area contributed by atoms with Gasteiger partial charge in [0.15, 0.2) is 0 Å². The van der Waals surface area contributed by atoms with Crippen LogP contribution in [0.3, 0.4) is 0 Å². The molecule has 0 heterocycles. The standard InChI is InChI=1S/C18H32O3/c1-7-11-21-18(8-2,14-19-12-9-16(3)4)15-20-13-10-17(5)6/h7,9-10H,1,8,11-15H2,2-6H3. The predicted octanol–water partition coefficient (Wildman–Crippen LogP) is 4.30. The summed E-state index contributed by atoms with van der Waals surface area (Å²) in [5, 5.41) is 0. The van der Waals surface area contributed by atoms with Gasteiger partial charge in [-0.3, -0.25) is 0 Å². The van der Waals surface area contributed by atoms with Gasteiger partial charge in [0.05, 0.1) is 33.0 Å². The molecule has 0 aromatic rings. The maximum absolute atomic E-state index is 5.93. The Morgan fingerprint density at radius 3 is 1.71 bits per heavy atom. The average molecular weight is 296 g/mol. The Kier molecular flexibility index (Phi) is 11.2. The smallest absolute Gasteiger partial charge is 0.115 e. The van der Waals surface area contributed by atoms with Crippen LogP contribution in [0.4, 0.5) is 0 Å². The molecule has 0 radical (unpaired) electrons. The van der Waals surface area contributed by atoms with Crippen molar-refractivity contribution in [3.63, 3.8) is 0 Å². The summed E-state index contributed by atoms with van der Waals surface area (Å²) < 4.78 is 17.4. The molecule has 0 aliphatic heterocycles. The fourth-order valence-corrected chi connectivity index (χ4v) is 1.61. The van der Waals surface area contributed by atoms with Gasteiger partial charge in [-0.1, -0.05) is 36.3 Å². The zero-order chi connectivity index (χ0) is 16.1. The number of ether oxygens (including phenoxy) is 3. The van der Waals surface area contributed by atoms with Crippen LogP contribution in [0.25, 0.3) is 0 Å². The Balaban J connectivity index is 4.46. The Labute approximate surface area is 130 Å². The van der Waals surface area contributed by atoms with Crippen LogP contribution in [0.15, 0.2) is 36.0 Å². The fourth-order valence-electron chi connectivity index (χ4n) is 1.61. The van der Waals surface area contributed by atoms with Crippen molar-refractivity contribution in [1.29, 1.82) is 0 Å². The van der Waals surface area contributed by atoms with E-state index in [1.807, 2.05) is 0 Å². The average Bonchev–Trinajstić information content (AvgIpc) is 2.44. The highest BCUT2D eigenvalue weighted by molar-refractivity contribution is 4.94. The molecule has 0 rings (SSSR count). The van der Waals surface area contributed by atoms with E-state index in [0.29, 0.717) is 33.0 Å². The minimum Gasteiger partial charge on any atom is -0.374 e. The van der Waals surface area contributed by atoms with Crippen LogP contribution in [0, 0.1) is 0 Å². The van der Waals surface area contributed by atoms with E-state index in [4.69, 9.17) is 14.2 Å². The summed E-state index contributed by atoms with van der Waals surface area (Å²) in [6.45, 7) is 16.8. The van der Waals surface area contributed by atoms with Crippen LogP contribution in [0.5, 0.6) is 0 Å². The molecule has 0 aromatic carbocycles. The molecule has 0 atom stereocenters. The topological polar surface area (TPSA) is 27.7 Å². The first kappa shape index (κ1) is 20.1. The summed E-state index contributed by atoms with van der Waals surface area (Å²) in [5.41, 5.74) is 2.10. The third-order valence-electron chi connectivity index (χ3n) is 3.10. The highest BCUT2D eigenvalue weighted by Crippen LogP contribution is 2.18. The van der Waals surface area contributed by atoms with Gasteiger partial charge in [0.25, 0.3) is 0 Å². The van der Waals surface area contributed by atoms with Gasteiger partial charge in [0.2, 0.25) is 0 Å². The number of allylic oxidation sites excluding steroid dienone is 2. The molecular weight excluding hydrogens is 264 g/mol. The Hall–Kier alpha value is -0.900. The molecule has 0 aliphatic carbocycles. The van der Waals surface area contributed by atoms with E-state index < -0.39 is 5.60 Å². The van der Waals surface area contributed by atoms with Crippen molar-refractivity contribution in [1.82, 2.24) is 0 Å². The van der Waals surface area contributed by atoms with Crippen LogP contribution in [0.1, 0.15) is 41.0 Å². The van der Waals surface area contributed by atoms with Crippen molar-refractivity contribution >= 4 is 0 Å². The zero-order valence-electron chi connectivity index (χ0n) is 14.4. The van der Waals surface area contributed by atoms with Gasteiger partial charge in [-0.25, -0.2) is 0 Å². The zero-order valence-corrected chi connectivity index (χ0v) is 14.4. The number of rotatable bonds is 12. The minimum atomic E-state index is -0.404. The summed E-state index contributed by atoms with van der Waals surface area (Å²) in [6, 6.07) is 0. The van der Waals surface area contributed by atoms with Gasteiger partial charge in [-0.2, -0.15) is 0 Å². The molecular formula is C18H32O3. The molecule has 0 spiro atoms. The minimum absolute atomic E-state index is 0.404. The molecule has 0 saturated carbocycles. The van der Waals surface area contributed by atoms with Gasteiger partial charge in [-0.15, -0.1) is 6.58 Å². The molecule has 0 unspecified atom stereocenters. The lowest BCUT2D eigenvalue weighted by atomic mass is 10.0. The maximum Gasteiger partial charge on any atom is 0.115 e. The van der Waals surface area contributed by atoms with Crippen molar-refractivity contribution in [3.8, 4) is 0 Å². The lowest BCUT2D eigenvalue weighted by Gasteiger charge is -2.32. The van der Waals surface area contributed by atoms with Crippen molar-refractivity contribution in [2.45, 2.75) is 46.6 Å². The van der Waals surface area contributed by atoms with E-state index in [0.717, 1.165) is 6.42 Å². The first-order valence-electron chi connectivity index (χ1n) is 7.63. The Bertz CT molecular complexity index is 310. The molecule has 0 N–H and O–H groups in total. The van der Waals surface area contributed by atoms with E-state index in [2.05, 4.69) is 53.3 Å². The predicted molar refractivity (Wildman–Crippen MR) is 89.7 cm³/mol. The summed E-state index contributed by atoms with van der Waals surface area (Å²) in [6.07, 6.45) is 6.73. The monoisotopic (exact) mass is 296 g/mol. The fraction of sp³-hybridized carbons (Fsp3) is 0.667. The van der Waals surface area contributed by atoms with Crippen LogP contribution >= 0.6 is 0 Å². The molecule has 0 fully saturated rings. The van der Waals surface area contributed by atoms with E-state index in [1.165, 1.54) is 11.1 Å². The summed E-state index contributed by atoms with van der Waals surface area (Å²) >= 11 is 0. The van der Waals surface area contributed by atoms with Gasteiger partial charge in [0.1, 0.15) is 5.60 Å². The molecule has 3 nitrogen and oxygen atoms in total. The van der Waals surface area contributed by atoms with Crippen molar-refractivity contribution < 1.29 is 14.2 Å². The SMILES string of the molecule is C=CCOC(CC)(COCC=C(C)C)COCC=C(C)C. The van der Waals surface area contributed by atoms with E-state index in [-0.39, 0.29) is 0 Å². The molecule has 3 heteroatoms. The summed E-state index contributed by atoms with van der Waals surface area (Å²) in [5.74, 6) is 0. The van der Waals surface area contributed by atoms with Gasteiger partial charge >= 0.3 is 0 Å². The second-order valence-electron chi connectivity index (χ2n) is 5.73. The number of hydrogen-bond acceptors (Lipinski definition) is 3. The molecule has 0 saturated heterocycles. The lowest BCUT2D eigenvalue weighted by Crippen LogP contribution is -2.42. The first-order chi connectivity index (χ1) is 9.95. The lowest BCUT2D eigenvalue weighted by molar-refractivity contribution is -0.125. The second kappa shape index (κ2) is 11.7. The molecule has 0 aliphatic rings. The second-order valence-corrected chi connectivity index (χ2v) is 5.73. The normalized spacial score (nSPS) is 11.1. The molecule has 0 bridgehead atoms. The maximum atomic E-state index is 5.93. The largest absolute Gasteiger partial charge is 0.374 e. The van der Waals surface area contributed by atoms with E-state index in [9.17, 15) is 0 Å². The van der Waals surface area contributed by atoms with E-state index in [1.54, 1.807) is 6.08 Å². The van der Waals surface area contributed by atoms with Gasteiger partial charge in [0, 0.05) is 0 Å². The number of hydrogen-bond donors (Lipinski definition) is 0. The molecule has 0 aromatic heterocycles. The van der Waals surface area contributed by atoms with Crippen molar-refractivity contribution in [3.05, 3.63) is 36.0 Å². The molecule has 21 heavy (non-hydrogen) atoms. The highest BCUT2D eigenvalue weighted by Gasteiger charge is 2.29. The van der Waals surface area contributed by atoms with Crippen molar-refractivity contribution in [2.24, 2.45) is 0 Å². The van der Waals surface area contributed by atoms with Gasteiger partial charge in [-0.05, 0) is 34.1 Å². The Morgan fingerprint density at radius 2 is 1.38 bits per heavy atom. The van der Waals surface area contributed by atoms with Crippen LogP contribution in [-0.4, -0.2) is 38.6 Å². The van der Waals surface area contributed by atoms with Crippen molar-refractivity contribution in [2.75, 3.05) is 33.0 Å². The quantitative estimate of drug-likeness (QED) is 0.397. The van der Waals surface area contributed by atoms with Crippen LogP contribution in [-0.2, 0) is 14.2 Å². The first-order valence-corrected chi connectivity index (χ1v) is 7.63. The van der Waals surface area contributed by atoms with Gasteiger partial charge < -0.3 is 14.2 Å². The molecule has 122 valence electrons. The third-order valence-corrected chi connectivity index (χ3v) is 3.10. The third kappa shape index (κ3) is 10.5. The molecule has 0 amide bonds. The van der Waals surface area contributed by atoms with E-state index >= 15 is 0 Å². The Morgan fingerprint density at radius 1 is 0.905 bits per heavy atom. The summed E-state index contributed by atoms with van der Waals surface area (Å²) in [4.78, 5) is 0. The van der Waals surface area contributed by atoms with Crippen LogP contribution in [0.2, 0.25) is 0 Å². The summed E-state index contributed by atoms with van der Waals surface area (Å²) in [7, 11) is 0. The van der Waals surface area contributed by atoms with Crippen LogP contribution < -0.4 is 0 Å².